The Labute approximate surface area is 303 Å². The van der Waals surface area contributed by atoms with Gasteiger partial charge < -0.3 is 48.8 Å². The van der Waals surface area contributed by atoms with Crippen molar-refractivity contribution in [1.82, 2.24) is 0 Å². The minimum absolute atomic E-state index is 0.0347. The van der Waals surface area contributed by atoms with Crippen LogP contribution in [-0.2, 0) is 47.6 Å². The summed E-state index contributed by atoms with van der Waals surface area (Å²) in [5.41, 5.74) is 0. The van der Waals surface area contributed by atoms with E-state index < -0.39 is 92.7 Å². The Morgan fingerprint density at radius 2 is 1.00 bits per heavy atom. The number of carbonyl (C=O) groups is 4. The van der Waals surface area contributed by atoms with Crippen molar-refractivity contribution in [3.63, 3.8) is 0 Å². The van der Waals surface area contributed by atoms with Gasteiger partial charge in [0.2, 0.25) is 0 Å². The molecule has 1 fully saturated rings. The van der Waals surface area contributed by atoms with Gasteiger partial charge in [0.05, 0.1) is 13.2 Å². The van der Waals surface area contributed by atoms with Crippen LogP contribution in [0.25, 0.3) is 0 Å². The van der Waals surface area contributed by atoms with E-state index in [2.05, 4.69) is 6.92 Å². The molecule has 14 heteroatoms. The number of rotatable bonds is 29. The maximum Gasteiger partial charge on any atom is 0.306 e. The van der Waals surface area contributed by atoms with Crippen LogP contribution in [0.4, 0.5) is 0 Å². The Hall–Kier alpha value is -2.36. The van der Waals surface area contributed by atoms with Gasteiger partial charge in [-0.3, -0.25) is 19.2 Å². The summed E-state index contributed by atoms with van der Waals surface area (Å²) in [5.74, 6) is -2.41. The SMILES string of the molecule is CCCCCCCC(=O)O[C@@H]1[C@H](OC[C@@H](O)[C@@H](O)[C@H](O)CO)O[C@H](COC(=O)CCCCC)[C@@H](OC(=O)CCCCC)[C@@H]1OC(=O)CCCCC. The van der Waals surface area contributed by atoms with Crippen LogP contribution in [0.5, 0.6) is 0 Å². The molecule has 0 amide bonds. The van der Waals surface area contributed by atoms with Gasteiger partial charge in [-0.05, 0) is 25.7 Å². The van der Waals surface area contributed by atoms with Crippen LogP contribution in [-0.4, -0.2) is 113 Å². The third-order valence-corrected chi connectivity index (χ3v) is 8.65. The molecule has 0 radical (unpaired) electrons. The Balaban J connectivity index is 3.52. The highest BCUT2D eigenvalue weighted by Gasteiger charge is 2.53. The molecule has 1 aliphatic rings. The van der Waals surface area contributed by atoms with E-state index in [-0.39, 0.29) is 25.7 Å². The zero-order chi connectivity index (χ0) is 38.0. The molecule has 0 unspecified atom stereocenters. The smallest absolute Gasteiger partial charge is 0.306 e. The molecule has 0 aromatic rings. The normalized spacial score (nSPS) is 22.1. The molecule has 1 rings (SSSR count). The largest absolute Gasteiger partial charge is 0.463 e. The van der Waals surface area contributed by atoms with E-state index in [9.17, 15) is 39.6 Å². The first-order valence-electron chi connectivity index (χ1n) is 19.2. The summed E-state index contributed by atoms with van der Waals surface area (Å²) in [6.45, 7) is 6.13. The molecule has 0 aliphatic carbocycles. The average Bonchev–Trinajstić information content (AvgIpc) is 3.11. The van der Waals surface area contributed by atoms with E-state index in [1.165, 1.54) is 0 Å². The van der Waals surface area contributed by atoms with Gasteiger partial charge in [-0.15, -0.1) is 0 Å². The summed E-state index contributed by atoms with van der Waals surface area (Å²) in [4.78, 5) is 52.2. The lowest BCUT2D eigenvalue weighted by Crippen LogP contribution is -2.63. The van der Waals surface area contributed by atoms with Crippen LogP contribution in [0.15, 0.2) is 0 Å². The fraction of sp³-hybridized carbons (Fsp3) is 0.892. The van der Waals surface area contributed by atoms with Crippen molar-refractivity contribution < 1.29 is 68.0 Å². The molecule has 1 saturated heterocycles. The molecule has 0 saturated carbocycles. The third-order valence-electron chi connectivity index (χ3n) is 8.65. The Morgan fingerprint density at radius 3 is 1.51 bits per heavy atom. The summed E-state index contributed by atoms with van der Waals surface area (Å²) >= 11 is 0. The van der Waals surface area contributed by atoms with Crippen LogP contribution < -0.4 is 0 Å². The Bertz CT molecular complexity index is 962. The maximum atomic E-state index is 13.2. The van der Waals surface area contributed by atoms with Gasteiger partial charge >= 0.3 is 23.9 Å². The van der Waals surface area contributed by atoms with Crippen LogP contribution in [0, 0.1) is 0 Å². The van der Waals surface area contributed by atoms with Crippen molar-refractivity contribution in [2.75, 3.05) is 19.8 Å². The van der Waals surface area contributed by atoms with E-state index >= 15 is 0 Å². The first-order valence-corrected chi connectivity index (χ1v) is 19.2. The van der Waals surface area contributed by atoms with E-state index in [0.29, 0.717) is 25.7 Å². The first kappa shape index (κ1) is 46.7. The van der Waals surface area contributed by atoms with Gasteiger partial charge in [-0.25, -0.2) is 0 Å². The number of ether oxygens (including phenoxy) is 6. The number of esters is 4. The first-order chi connectivity index (χ1) is 24.5. The van der Waals surface area contributed by atoms with E-state index in [1.807, 2.05) is 20.8 Å². The second kappa shape index (κ2) is 28.2. The highest BCUT2D eigenvalue weighted by atomic mass is 16.7. The number of hydrogen-bond donors (Lipinski definition) is 4. The molecule has 14 nitrogen and oxygen atoms in total. The molecule has 51 heavy (non-hydrogen) atoms. The molecule has 0 aromatic carbocycles. The van der Waals surface area contributed by atoms with Crippen LogP contribution >= 0.6 is 0 Å². The van der Waals surface area contributed by atoms with Gasteiger partial charge in [0.25, 0.3) is 0 Å². The zero-order valence-electron chi connectivity index (χ0n) is 31.3. The number of carbonyl (C=O) groups excluding carboxylic acids is 4. The average molecular weight is 735 g/mol. The van der Waals surface area contributed by atoms with E-state index in [4.69, 9.17) is 28.4 Å². The van der Waals surface area contributed by atoms with Gasteiger partial charge in [-0.2, -0.15) is 0 Å². The molecular formula is C37H66O14. The molecule has 0 spiro atoms. The van der Waals surface area contributed by atoms with Crippen molar-refractivity contribution in [3.8, 4) is 0 Å². The predicted octanol–water partition coefficient (Wildman–Crippen LogP) is 4.18. The maximum absolute atomic E-state index is 13.2. The highest BCUT2D eigenvalue weighted by Crippen LogP contribution is 2.31. The standard InChI is InChI=1S/C37H66O14/c1-5-9-13-14-18-22-32(44)51-36-35(50-31(43)21-17-12-8-4)34(49-30(42)20-16-11-7-3)28(25-46-29(41)19-15-10-6-2)48-37(36)47-24-27(40)33(45)26(39)23-38/h26-28,33-40,45H,5-25H2,1-4H3/t26-,27-,28-,33+,34-,35+,36+,37-/m1/s1. The van der Waals surface area contributed by atoms with E-state index in [0.717, 1.165) is 64.2 Å². The van der Waals surface area contributed by atoms with Crippen molar-refractivity contribution in [2.24, 2.45) is 0 Å². The van der Waals surface area contributed by atoms with Crippen LogP contribution in [0.3, 0.4) is 0 Å². The summed E-state index contributed by atoms with van der Waals surface area (Å²) in [6, 6.07) is 0. The van der Waals surface area contributed by atoms with Gasteiger partial charge in [-0.1, -0.05) is 91.9 Å². The quantitative estimate of drug-likeness (QED) is 0.0484. The third kappa shape index (κ3) is 19.3. The number of aliphatic hydroxyl groups is 4. The fourth-order valence-electron chi connectivity index (χ4n) is 5.52. The summed E-state index contributed by atoms with van der Waals surface area (Å²) in [7, 11) is 0. The van der Waals surface area contributed by atoms with Gasteiger partial charge in [0, 0.05) is 25.7 Å². The summed E-state index contributed by atoms with van der Waals surface area (Å²) in [5, 5.41) is 39.8. The molecule has 8 atom stereocenters. The lowest BCUT2D eigenvalue weighted by Gasteiger charge is -2.44. The monoisotopic (exact) mass is 734 g/mol. The molecule has 0 bridgehead atoms. The van der Waals surface area contributed by atoms with Crippen LogP contribution in [0.1, 0.15) is 143 Å². The molecular weight excluding hydrogens is 668 g/mol. The number of aliphatic hydroxyl groups excluding tert-OH is 4. The predicted molar refractivity (Wildman–Crippen MR) is 186 cm³/mol. The number of unbranched alkanes of at least 4 members (excludes halogenated alkanes) is 10. The molecule has 0 aromatic heterocycles. The summed E-state index contributed by atoms with van der Waals surface area (Å²) in [6.07, 6.45) is -1.08. The second-order valence-corrected chi connectivity index (χ2v) is 13.3. The van der Waals surface area contributed by atoms with Crippen molar-refractivity contribution in [3.05, 3.63) is 0 Å². The lowest BCUT2D eigenvalue weighted by molar-refractivity contribution is -0.313. The highest BCUT2D eigenvalue weighted by molar-refractivity contribution is 5.72. The minimum atomic E-state index is -1.80. The van der Waals surface area contributed by atoms with Crippen molar-refractivity contribution in [2.45, 2.75) is 192 Å². The molecule has 298 valence electrons. The topological polar surface area (TPSA) is 205 Å². The fourth-order valence-corrected chi connectivity index (χ4v) is 5.52. The van der Waals surface area contributed by atoms with Gasteiger partial charge in [0.1, 0.15) is 31.0 Å². The van der Waals surface area contributed by atoms with E-state index in [1.54, 1.807) is 0 Å². The minimum Gasteiger partial charge on any atom is -0.463 e. The summed E-state index contributed by atoms with van der Waals surface area (Å²) < 4.78 is 35.2. The Morgan fingerprint density at radius 1 is 0.569 bits per heavy atom. The lowest BCUT2D eigenvalue weighted by atomic mass is 9.97. The number of hydrogen-bond acceptors (Lipinski definition) is 14. The second-order valence-electron chi connectivity index (χ2n) is 13.3. The van der Waals surface area contributed by atoms with Crippen molar-refractivity contribution >= 4 is 23.9 Å². The van der Waals surface area contributed by atoms with Gasteiger partial charge in [0.15, 0.2) is 24.6 Å². The molecule has 1 aliphatic heterocycles. The zero-order valence-corrected chi connectivity index (χ0v) is 31.3. The Kier molecular flexibility index (Phi) is 25.8. The molecule has 1 heterocycles. The molecule has 4 N–H and O–H groups in total. The van der Waals surface area contributed by atoms with Crippen molar-refractivity contribution in [1.29, 1.82) is 0 Å². The van der Waals surface area contributed by atoms with Crippen LogP contribution in [0.2, 0.25) is 0 Å².